The predicted octanol–water partition coefficient (Wildman–Crippen LogP) is 2.72. The molecule has 0 saturated heterocycles. The normalized spacial score (nSPS) is 42.6. The maximum Gasteiger partial charge on any atom is 0.466 e. The minimum atomic E-state index is -4.64. The van der Waals surface area contributed by atoms with Crippen molar-refractivity contribution in [3.8, 4) is 0 Å². The molecule has 1 fully saturated rings. The molecule has 1 aliphatic rings. The summed E-state index contributed by atoms with van der Waals surface area (Å²) in [6.45, 7) is 0. The molecule has 0 aromatic heterocycles. The Labute approximate surface area is 128 Å². The number of hydrogen-bond acceptors (Lipinski definition) is 1. The molecule has 11 heteroatoms. The summed E-state index contributed by atoms with van der Waals surface area (Å²) in [6.07, 6.45) is 0. The molecule has 1 saturated carbocycles. The fourth-order valence-corrected chi connectivity index (χ4v) is 3.38. The number of phosphoric acid groups is 1. The Bertz CT molecular complexity index is 221. The van der Waals surface area contributed by atoms with E-state index in [1.807, 2.05) is 0 Å². The van der Waals surface area contributed by atoms with Crippen molar-refractivity contribution in [2.24, 2.45) is 0 Å². The zero-order valence-electron chi connectivity index (χ0n) is 7.93. The van der Waals surface area contributed by atoms with Crippen molar-refractivity contribution < 1.29 is 19.2 Å². The Morgan fingerprint density at radius 2 is 0.647 bits per heavy atom. The summed E-state index contributed by atoms with van der Waals surface area (Å²) in [4.78, 5) is 21.6. The summed E-state index contributed by atoms with van der Waals surface area (Å²) < 4.78 is 8.88. The van der Waals surface area contributed by atoms with Gasteiger partial charge in [-0.2, -0.15) is 0 Å². The molecule has 0 unspecified atom stereocenters. The summed E-state index contributed by atoms with van der Waals surface area (Å²) in [7, 11) is -4.64. The molecule has 0 amide bonds. The number of alkyl halides is 6. The Morgan fingerprint density at radius 3 is 0.706 bits per heavy atom. The average Bonchev–Trinajstić information content (AvgIpc) is 2.18. The molecule has 0 spiro atoms. The van der Waals surface area contributed by atoms with Gasteiger partial charge in [0.25, 0.3) is 0 Å². The largest absolute Gasteiger partial charge is 0.466 e. The second-order valence-electron chi connectivity index (χ2n) is 3.18. The lowest BCUT2D eigenvalue weighted by Crippen LogP contribution is -2.52. The van der Waals surface area contributed by atoms with Crippen LogP contribution >= 0.6 is 77.4 Å². The zero-order valence-corrected chi connectivity index (χ0v) is 13.4. The van der Waals surface area contributed by atoms with Gasteiger partial charge in [0.05, 0.1) is 32.3 Å². The first-order chi connectivity index (χ1) is 7.46. The van der Waals surface area contributed by atoms with E-state index in [1.54, 1.807) is 0 Å². The van der Waals surface area contributed by atoms with Gasteiger partial charge in [-0.1, -0.05) is 0 Å². The lowest BCUT2D eigenvalue weighted by molar-refractivity contribution is 0.275. The highest BCUT2D eigenvalue weighted by Crippen LogP contribution is 2.39. The molecule has 0 aliphatic heterocycles. The molecule has 0 bridgehead atoms. The molecular weight excluding hydrogens is 380 g/mol. The van der Waals surface area contributed by atoms with E-state index in [2.05, 4.69) is 0 Å². The SMILES string of the molecule is Cl[C@H]1[C@H](Cl)[C@@H](Cl)[C@@H](Cl)[C@H](Cl)[C@H]1Cl.O=P(O)(O)O. The topological polar surface area (TPSA) is 77.8 Å². The van der Waals surface area contributed by atoms with Crippen LogP contribution in [-0.4, -0.2) is 46.9 Å². The van der Waals surface area contributed by atoms with Gasteiger partial charge >= 0.3 is 7.82 Å². The number of hydrogen-bond donors (Lipinski definition) is 3. The van der Waals surface area contributed by atoms with Crippen LogP contribution in [0.15, 0.2) is 0 Å². The fourth-order valence-electron chi connectivity index (χ4n) is 1.05. The first kappa shape index (κ1) is 18.9. The second-order valence-corrected chi connectivity index (χ2v) is 7.23. The molecule has 17 heavy (non-hydrogen) atoms. The van der Waals surface area contributed by atoms with Gasteiger partial charge in [-0.3, -0.25) is 0 Å². The monoisotopic (exact) mass is 386 g/mol. The summed E-state index contributed by atoms with van der Waals surface area (Å²) in [5, 5.41) is -2.62. The fraction of sp³-hybridized carbons (Fsp3) is 1.00. The lowest BCUT2D eigenvalue weighted by Gasteiger charge is -2.37. The smallest absolute Gasteiger partial charge is 0.303 e. The first-order valence-corrected chi connectivity index (χ1v) is 8.28. The van der Waals surface area contributed by atoms with Crippen LogP contribution in [-0.2, 0) is 4.57 Å². The van der Waals surface area contributed by atoms with Gasteiger partial charge in [-0.25, -0.2) is 4.57 Å². The van der Waals surface area contributed by atoms with Crippen LogP contribution < -0.4 is 0 Å². The van der Waals surface area contributed by atoms with E-state index in [0.29, 0.717) is 0 Å². The molecule has 4 nitrogen and oxygen atoms in total. The maximum absolute atomic E-state index is 8.88. The third-order valence-corrected chi connectivity index (χ3v) is 5.86. The Kier molecular flexibility index (Phi) is 8.41. The van der Waals surface area contributed by atoms with Crippen LogP contribution in [0.2, 0.25) is 0 Å². The summed E-state index contributed by atoms with van der Waals surface area (Å²) in [5.41, 5.74) is 0. The number of rotatable bonds is 0. The highest BCUT2D eigenvalue weighted by Gasteiger charge is 2.46. The van der Waals surface area contributed by atoms with Crippen molar-refractivity contribution in [2.75, 3.05) is 0 Å². The molecule has 104 valence electrons. The second kappa shape index (κ2) is 7.58. The van der Waals surface area contributed by atoms with E-state index in [4.69, 9.17) is 88.9 Å². The highest BCUT2D eigenvalue weighted by molar-refractivity contribution is 7.45. The summed E-state index contributed by atoms with van der Waals surface area (Å²) >= 11 is 35.3. The Morgan fingerprint density at radius 1 is 0.588 bits per heavy atom. The van der Waals surface area contributed by atoms with Crippen LogP contribution in [0.3, 0.4) is 0 Å². The third-order valence-electron chi connectivity index (χ3n) is 1.83. The van der Waals surface area contributed by atoms with Crippen molar-refractivity contribution in [1.29, 1.82) is 0 Å². The molecule has 0 radical (unpaired) electrons. The van der Waals surface area contributed by atoms with Gasteiger partial charge in [0.2, 0.25) is 0 Å². The standard InChI is InChI=1S/C6H6Cl6.H3O4P/c7-1-2(8)4(10)6(12)5(11)3(1)9;1-5(2,3)4/h1-6H;(H3,1,2,3,4)/t1-,2-,3-,4+,5+,6+;. The van der Waals surface area contributed by atoms with Crippen LogP contribution in [0, 0.1) is 0 Å². The third kappa shape index (κ3) is 6.71. The van der Waals surface area contributed by atoms with Crippen molar-refractivity contribution in [1.82, 2.24) is 0 Å². The van der Waals surface area contributed by atoms with Crippen LogP contribution in [0.4, 0.5) is 0 Å². The van der Waals surface area contributed by atoms with Crippen molar-refractivity contribution in [3.63, 3.8) is 0 Å². The molecule has 1 rings (SSSR count). The van der Waals surface area contributed by atoms with Gasteiger partial charge in [0.1, 0.15) is 0 Å². The summed E-state index contributed by atoms with van der Waals surface area (Å²) in [5.74, 6) is 0. The molecule has 0 aromatic rings. The molecule has 0 atom stereocenters. The first-order valence-electron chi connectivity index (χ1n) is 4.09. The Balaban J connectivity index is 0.000000437. The number of halogens is 6. The zero-order chi connectivity index (χ0) is 14.0. The van der Waals surface area contributed by atoms with Crippen molar-refractivity contribution in [3.05, 3.63) is 0 Å². The molecule has 3 N–H and O–H groups in total. The molecule has 1 aliphatic carbocycles. The van der Waals surface area contributed by atoms with Crippen LogP contribution in [0.5, 0.6) is 0 Å². The van der Waals surface area contributed by atoms with Gasteiger partial charge < -0.3 is 14.7 Å². The average molecular weight is 389 g/mol. The molecular formula is C6H9Cl6O4P. The molecule has 0 aromatic carbocycles. The summed E-state index contributed by atoms with van der Waals surface area (Å²) in [6, 6.07) is 0. The molecule has 0 heterocycles. The van der Waals surface area contributed by atoms with Gasteiger partial charge in [0.15, 0.2) is 0 Å². The Hall–Kier alpha value is 1.85. The minimum absolute atomic E-state index is 0.437. The van der Waals surface area contributed by atoms with Gasteiger partial charge in [0, 0.05) is 0 Å². The van der Waals surface area contributed by atoms with Crippen LogP contribution in [0.25, 0.3) is 0 Å². The van der Waals surface area contributed by atoms with Gasteiger partial charge in [-0.15, -0.1) is 69.6 Å². The van der Waals surface area contributed by atoms with E-state index in [-0.39, 0.29) is 0 Å². The van der Waals surface area contributed by atoms with E-state index in [1.165, 1.54) is 0 Å². The van der Waals surface area contributed by atoms with Crippen molar-refractivity contribution >= 4 is 77.4 Å². The lowest BCUT2D eigenvalue weighted by atomic mass is 9.97. The van der Waals surface area contributed by atoms with Gasteiger partial charge in [-0.05, 0) is 0 Å². The predicted molar refractivity (Wildman–Crippen MR) is 72.1 cm³/mol. The van der Waals surface area contributed by atoms with E-state index in [9.17, 15) is 0 Å². The highest BCUT2D eigenvalue weighted by atomic mass is 35.5. The quantitative estimate of drug-likeness (QED) is 0.440. The maximum atomic E-state index is 8.88. The van der Waals surface area contributed by atoms with Crippen molar-refractivity contribution in [2.45, 2.75) is 32.3 Å². The minimum Gasteiger partial charge on any atom is -0.303 e. The van der Waals surface area contributed by atoms with Crippen LogP contribution in [0.1, 0.15) is 0 Å². The van der Waals surface area contributed by atoms with E-state index >= 15 is 0 Å². The van der Waals surface area contributed by atoms with E-state index < -0.39 is 40.1 Å². The van der Waals surface area contributed by atoms with E-state index in [0.717, 1.165) is 0 Å².